The predicted molar refractivity (Wildman–Crippen MR) is 94.3 cm³/mol. The summed E-state index contributed by atoms with van der Waals surface area (Å²) < 4.78 is 0. The lowest BCUT2D eigenvalue weighted by molar-refractivity contribution is -0.364. The van der Waals surface area contributed by atoms with Gasteiger partial charge in [-0.1, -0.05) is 17.4 Å². The molecule has 0 saturated carbocycles. The minimum Gasteiger partial charge on any atom is -0.335 e. The second-order valence-electron chi connectivity index (χ2n) is 5.79. The number of pyridine rings is 1. The molecule has 0 spiro atoms. The number of hydrogen-bond acceptors (Lipinski definition) is 6. The van der Waals surface area contributed by atoms with Gasteiger partial charge in [-0.2, -0.15) is 0 Å². The van der Waals surface area contributed by atoms with E-state index in [2.05, 4.69) is 25.4 Å². The molecule has 0 radical (unpaired) electrons. The topological polar surface area (TPSA) is 92.6 Å². The maximum atomic E-state index is 12.3. The highest BCUT2D eigenvalue weighted by atomic mass is 32.1. The highest BCUT2D eigenvalue weighted by Gasteiger charge is 2.26. The van der Waals surface area contributed by atoms with E-state index in [0.717, 1.165) is 23.9 Å². The molecule has 2 aromatic heterocycles. The second kappa shape index (κ2) is 8.02. The van der Waals surface area contributed by atoms with Crippen LogP contribution in [-0.4, -0.2) is 53.1 Å². The van der Waals surface area contributed by atoms with Crippen molar-refractivity contribution in [2.75, 3.05) is 36.4 Å². The van der Waals surface area contributed by atoms with Crippen LogP contribution in [0.25, 0.3) is 0 Å². The van der Waals surface area contributed by atoms with Crippen LogP contribution in [0.4, 0.5) is 10.9 Å². The van der Waals surface area contributed by atoms with Crippen LogP contribution in [0.1, 0.15) is 17.8 Å². The Morgan fingerprint density at radius 2 is 2.00 bits per heavy atom. The van der Waals surface area contributed by atoms with E-state index in [1.54, 1.807) is 0 Å². The summed E-state index contributed by atoms with van der Waals surface area (Å²) in [6.45, 7) is 4.71. The molecule has 2 N–H and O–H groups in total. The number of nitrogens with zero attached hydrogens (tertiary/aromatic N) is 4. The number of amides is 2. The van der Waals surface area contributed by atoms with Gasteiger partial charge in [-0.25, -0.2) is 4.98 Å². The maximum absolute atomic E-state index is 12.3. The van der Waals surface area contributed by atoms with E-state index in [1.165, 1.54) is 11.3 Å². The van der Waals surface area contributed by atoms with Gasteiger partial charge in [0.2, 0.25) is 16.9 Å². The third kappa shape index (κ3) is 4.72. The van der Waals surface area contributed by atoms with Crippen LogP contribution < -0.4 is 15.2 Å². The van der Waals surface area contributed by atoms with Crippen molar-refractivity contribution in [1.82, 2.24) is 15.1 Å². The lowest BCUT2D eigenvalue weighted by Crippen LogP contribution is -2.50. The molecular formula is C16H21N6O2S+. The Morgan fingerprint density at radius 1 is 1.20 bits per heavy atom. The normalized spacial score (nSPS) is 14.4. The van der Waals surface area contributed by atoms with Crippen LogP contribution in [0.5, 0.6) is 0 Å². The van der Waals surface area contributed by atoms with Crippen LogP contribution in [0.3, 0.4) is 0 Å². The number of aryl methyl sites for hydroxylation is 1. The number of aromatic amines is 1. The molecule has 2 aromatic rings. The Hall–Kier alpha value is -2.55. The smallest absolute Gasteiger partial charge is 0.274 e. The van der Waals surface area contributed by atoms with Crippen LogP contribution in [-0.2, 0) is 9.59 Å². The predicted octanol–water partition coefficient (Wildman–Crippen LogP) is 0.728. The van der Waals surface area contributed by atoms with Crippen molar-refractivity contribution >= 4 is 34.1 Å². The highest BCUT2D eigenvalue weighted by Crippen LogP contribution is 2.15. The Morgan fingerprint density at radius 3 is 2.64 bits per heavy atom. The number of hydrogen-bond donors (Lipinski definition) is 1. The van der Waals surface area contributed by atoms with Crippen LogP contribution in [0, 0.1) is 6.92 Å². The zero-order valence-corrected chi connectivity index (χ0v) is 14.9. The first-order valence-corrected chi connectivity index (χ1v) is 9.03. The Balaban J connectivity index is 1.41. The molecule has 0 bridgehead atoms. The average molecular weight is 361 g/mol. The third-order valence-electron chi connectivity index (χ3n) is 4.00. The Labute approximate surface area is 149 Å². The molecule has 1 saturated heterocycles. The Bertz CT molecular complexity index is 727. The maximum Gasteiger partial charge on any atom is 0.274 e. The minimum atomic E-state index is -0.206. The van der Waals surface area contributed by atoms with Crippen LogP contribution in [0.2, 0.25) is 0 Å². The van der Waals surface area contributed by atoms with Crippen LogP contribution in [0.15, 0.2) is 24.4 Å². The largest absolute Gasteiger partial charge is 0.335 e. The summed E-state index contributed by atoms with van der Waals surface area (Å²) >= 11 is 1.32. The third-order valence-corrected chi connectivity index (χ3v) is 4.76. The van der Waals surface area contributed by atoms with E-state index in [-0.39, 0.29) is 24.7 Å². The van der Waals surface area contributed by atoms with E-state index in [1.807, 2.05) is 36.2 Å². The summed E-state index contributed by atoms with van der Waals surface area (Å²) in [4.78, 5) is 31.4. The van der Waals surface area contributed by atoms with Crippen molar-refractivity contribution < 1.29 is 14.6 Å². The summed E-state index contributed by atoms with van der Waals surface area (Å²) in [6.07, 6.45) is 2.26. The number of carbonyl (C=O) groups is 2. The number of nitrogens with one attached hydrogen (secondary N) is 2. The summed E-state index contributed by atoms with van der Waals surface area (Å²) in [5.74, 6) is 0.864. The number of carbonyl (C=O) groups excluding carboxylic acids is 2. The van der Waals surface area contributed by atoms with Crippen LogP contribution >= 0.6 is 11.3 Å². The molecule has 1 aliphatic heterocycles. The van der Waals surface area contributed by atoms with Gasteiger partial charge in [-0.15, -0.1) is 10.2 Å². The van der Waals surface area contributed by atoms with Crippen molar-refractivity contribution in [3.05, 3.63) is 29.4 Å². The number of rotatable bonds is 5. The van der Waals surface area contributed by atoms with E-state index in [9.17, 15) is 9.59 Å². The summed E-state index contributed by atoms with van der Waals surface area (Å²) in [5.41, 5.74) is 0. The lowest BCUT2D eigenvalue weighted by atomic mass is 10.2. The monoisotopic (exact) mass is 361 g/mol. The zero-order valence-electron chi connectivity index (χ0n) is 14.1. The number of anilines is 2. The fraction of sp³-hybridized carbons (Fsp3) is 0.438. The number of piperazine rings is 1. The molecular weight excluding hydrogens is 340 g/mol. The van der Waals surface area contributed by atoms with Crippen molar-refractivity contribution in [1.29, 1.82) is 0 Å². The molecule has 3 rings (SSSR count). The van der Waals surface area contributed by atoms with Gasteiger partial charge in [-0.3, -0.25) is 14.5 Å². The van der Waals surface area contributed by atoms with Gasteiger partial charge in [0.15, 0.2) is 0 Å². The van der Waals surface area contributed by atoms with E-state index in [0.29, 0.717) is 18.2 Å². The molecule has 0 aromatic carbocycles. The van der Waals surface area contributed by atoms with Crippen molar-refractivity contribution in [2.24, 2.45) is 0 Å². The first-order chi connectivity index (χ1) is 12.1. The average Bonchev–Trinajstić information content (AvgIpc) is 3.05. The van der Waals surface area contributed by atoms with Gasteiger partial charge >= 0.3 is 0 Å². The number of H-pyrrole nitrogens is 1. The van der Waals surface area contributed by atoms with E-state index < -0.39 is 0 Å². The highest BCUT2D eigenvalue weighted by molar-refractivity contribution is 7.15. The molecule has 1 aliphatic rings. The van der Waals surface area contributed by atoms with Gasteiger partial charge in [-0.05, 0) is 13.0 Å². The van der Waals surface area contributed by atoms with Gasteiger partial charge < -0.3 is 10.2 Å². The molecule has 2 amide bonds. The molecule has 25 heavy (non-hydrogen) atoms. The van der Waals surface area contributed by atoms with Crippen molar-refractivity contribution in [3.8, 4) is 0 Å². The molecule has 8 nitrogen and oxygen atoms in total. The number of aromatic nitrogens is 3. The molecule has 9 heteroatoms. The standard InChI is InChI=1S/C16H20N6O2S/c1-12-19-20-16(25-12)18-14(23)5-6-15(24)22-10-8-21(9-11-22)13-4-2-3-7-17-13/h2-4,7H,5-6,8-11H2,1H3,(H,18,20,23)/p+1. The fourth-order valence-corrected chi connectivity index (χ4v) is 3.29. The van der Waals surface area contributed by atoms with Gasteiger partial charge in [0.25, 0.3) is 5.82 Å². The molecule has 0 atom stereocenters. The first kappa shape index (κ1) is 17.3. The quantitative estimate of drug-likeness (QED) is 0.847. The fourth-order valence-electron chi connectivity index (χ4n) is 2.68. The summed E-state index contributed by atoms with van der Waals surface area (Å²) in [5, 5.41) is 11.6. The van der Waals surface area contributed by atoms with Gasteiger partial charge in [0.05, 0.1) is 19.3 Å². The van der Waals surface area contributed by atoms with E-state index >= 15 is 0 Å². The van der Waals surface area contributed by atoms with Crippen molar-refractivity contribution in [2.45, 2.75) is 19.8 Å². The Kier molecular flexibility index (Phi) is 5.54. The van der Waals surface area contributed by atoms with Crippen molar-refractivity contribution in [3.63, 3.8) is 0 Å². The second-order valence-corrected chi connectivity index (χ2v) is 6.97. The van der Waals surface area contributed by atoms with Gasteiger partial charge in [0, 0.05) is 18.9 Å². The summed E-state index contributed by atoms with van der Waals surface area (Å²) in [6, 6.07) is 5.95. The minimum absolute atomic E-state index is 0.0142. The van der Waals surface area contributed by atoms with Gasteiger partial charge in [0.1, 0.15) is 18.1 Å². The zero-order chi connectivity index (χ0) is 17.6. The lowest BCUT2D eigenvalue weighted by Gasteiger charge is -2.31. The summed E-state index contributed by atoms with van der Waals surface area (Å²) in [7, 11) is 0. The molecule has 0 unspecified atom stereocenters. The first-order valence-electron chi connectivity index (χ1n) is 8.21. The molecule has 1 fully saturated rings. The molecule has 0 aliphatic carbocycles. The molecule has 3 heterocycles. The SMILES string of the molecule is Cc1nnc(NC(=O)CCC(=O)N2CCN(c3cccc[nH+]3)CC2)s1. The van der Waals surface area contributed by atoms with E-state index in [4.69, 9.17) is 0 Å². The molecule has 132 valence electrons.